The monoisotopic (exact) mass is 455 g/mol. The molecule has 31 heavy (non-hydrogen) atoms. The number of carbonyl (C=O) groups is 1. The first-order valence-corrected chi connectivity index (χ1v) is 12.6. The minimum absolute atomic E-state index is 0.156. The second-order valence-corrected chi connectivity index (χ2v) is 10.2. The van der Waals surface area contributed by atoms with Crippen LogP contribution >= 0.6 is 11.3 Å². The zero-order valence-corrected chi connectivity index (χ0v) is 18.7. The van der Waals surface area contributed by atoms with Gasteiger partial charge in [-0.15, -0.1) is 0 Å². The molecule has 0 radical (unpaired) electrons. The second-order valence-electron chi connectivity index (χ2n) is 7.51. The van der Waals surface area contributed by atoms with Crippen LogP contribution < -0.4 is 10.2 Å². The van der Waals surface area contributed by atoms with Gasteiger partial charge in [0.05, 0.1) is 11.4 Å². The molecule has 1 amide bonds. The Morgan fingerprint density at radius 1 is 1.03 bits per heavy atom. The summed E-state index contributed by atoms with van der Waals surface area (Å²) in [5, 5.41) is 6.95. The predicted octanol–water partition coefficient (Wildman–Crippen LogP) is 4.18. The van der Waals surface area contributed by atoms with Gasteiger partial charge in [0.25, 0.3) is 0 Å². The van der Waals surface area contributed by atoms with Gasteiger partial charge in [-0.25, -0.2) is 8.42 Å². The molecular weight excluding hydrogens is 430 g/mol. The fourth-order valence-corrected chi connectivity index (χ4v) is 5.89. The third-order valence-corrected chi connectivity index (χ3v) is 7.86. The Labute approximate surface area is 187 Å². The van der Waals surface area contributed by atoms with Crippen molar-refractivity contribution in [1.82, 2.24) is 4.31 Å². The summed E-state index contributed by atoms with van der Waals surface area (Å²) in [5.41, 5.74) is 2.57. The van der Waals surface area contributed by atoms with Gasteiger partial charge >= 0.3 is 0 Å². The first kappa shape index (κ1) is 21.5. The van der Waals surface area contributed by atoms with Crippen LogP contribution in [0.1, 0.15) is 18.4 Å². The number of benzene rings is 2. The summed E-state index contributed by atoms with van der Waals surface area (Å²) in [6.07, 6.45) is 1.77. The van der Waals surface area contributed by atoms with Crippen LogP contribution in [0.25, 0.3) is 0 Å². The molecule has 4 rings (SSSR count). The molecule has 1 saturated heterocycles. The third-order valence-electron chi connectivity index (χ3n) is 5.23. The number of hydrogen-bond donors (Lipinski definition) is 1. The van der Waals surface area contributed by atoms with Crippen LogP contribution in [0.5, 0.6) is 0 Å². The molecule has 2 aromatic carbocycles. The van der Waals surface area contributed by atoms with Gasteiger partial charge in [0.1, 0.15) is 0 Å². The average molecular weight is 456 g/mol. The number of amides is 1. The highest BCUT2D eigenvalue weighted by molar-refractivity contribution is 7.89. The maximum absolute atomic E-state index is 12.8. The molecule has 1 fully saturated rings. The van der Waals surface area contributed by atoms with Gasteiger partial charge in [-0.2, -0.15) is 15.6 Å². The molecule has 1 aliphatic rings. The van der Waals surface area contributed by atoms with Gasteiger partial charge in [-0.3, -0.25) is 4.79 Å². The van der Waals surface area contributed by atoms with Crippen LogP contribution in [0.3, 0.4) is 0 Å². The number of para-hydroxylation sites is 1. The summed E-state index contributed by atoms with van der Waals surface area (Å²) < 4.78 is 27.1. The van der Waals surface area contributed by atoms with E-state index in [1.165, 1.54) is 10.4 Å². The standard InChI is InChI=1S/C23H25N3O3S2/c27-23(17-25(16-19-11-14-30-18-19)21-8-2-1-3-9-21)24-20-7-6-10-22(15-20)31(28,29)26-12-4-5-13-26/h1-3,6-11,14-15,18H,4-5,12-13,16-17H2,(H,24,27). The van der Waals surface area contributed by atoms with Gasteiger partial charge < -0.3 is 10.2 Å². The summed E-state index contributed by atoms with van der Waals surface area (Å²) in [5.74, 6) is -0.199. The Bertz CT molecular complexity index is 1110. The van der Waals surface area contributed by atoms with E-state index in [9.17, 15) is 13.2 Å². The van der Waals surface area contributed by atoms with Crippen molar-refractivity contribution in [3.05, 3.63) is 77.0 Å². The Morgan fingerprint density at radius 3 is 2.52 bits per heavy atom. The average Bonchev–Trinajstić information content (AvgIpc) is 3.49. The number of sulfonamides is 1. The van der Waals surface area contributed by atoms with E-state index < -0.39 is 10.0 Å². The van der Waals surface area contributed by atoms with E-state index in [1.807, 2.05) is 46.7 Å². The largest absolute Gasteiger partial charge is 0.358 e. The van der Waals surface area contributed by atoms with Crippen molar-refractivity contribution in [3.63, 3.8) is 0 Å². The van der Waals surface area contributed by atoms with Crippen LogP contribution in [0.2, 0.25) is 0 Å². The smallest absolute Gasteiger partial charge is 0.243 e. The van der Waals surface area contributed by atoms with Gasteiger partial charge in [-0.1, -0.05) is 24.3 Å². The highest BCUT2D eigenvalue weighted by Gasteiger charge is 2.27. The lowest BCUT2D eigenvalue weighted by Gasteiger charge is -2.24. The van der Waals surface area contributed by atoms with E-state index in [2.05, 4.69) is 10.7 Å². The summed E-state index contributed by atoms with van der Waals surface area (Å²) in [7, 11) is -3.52. The van der Waals surface area contributed by atoms with E-state index in [4.69, 9.17) is 0 Å². The minimum Gasteiger partial charge on any atom is -0.358 e. The molecule has 1 aliphatic heterocycles. The SMILES string of the molecule is O=C(CN(Cc1ccsc1)c1ccccc1)Nc1cccc(S(=O)(=O)N2CCCC2)c1. The topological polar surface area (TPSA) is 69.7 Å². The molecular formula is C23H25N3O3S2. The third kappa shape index (κ3) is 5.33. The molecule has 1 N–H and O–H groups in total. The molecule has 6 nitrogen and oxygen atoms in total. The van der Waals surface area contributed by atoms with Crippen molar-refractivity contribution in [2.24, 2.45) is 0 Å². The molecule has 0 bridgehead atoms. The van der Waals surface area contributed by atoms with Crippen molar-refractivity contribution < 1.29 is 13.2 Å². The lowest BCUT2D eigenvalue weighted by Crippen LogP contribution is -2.33. The number of nitrogens with zero attached hydrogens (tertiary/aromatic N) is 2. The Morgan fingerprint density at radius 2 is 1.81 bits per heavy atom. The molecule has 2 heterocycles. The zero-order chi connectivity index (χ0) is 21.7. The van der Waals surface area contributed by atoms with Crippen molar-refractivity contribution in [3.8, 4) is 0 Å². The summed E-state index contributed by atoms with van der Waals surface area (Å²) in [6.45, 7) is 1.87. The van der Waals surface area contributed by atoms with Gasteiger partial charge in [0.2, 0.25) is 15.9 Å². The van der Waals surface area contributed by atoms with Gasteiger partial charge in [-0.05, 0) is 65.6 Å². The van der Waals surface area contributed by atoms with Crippen molar-refractivity contribution in [2.75, 3.05) is 29.9 Å². The van der Waals surface area contributed by atoms with Crippen molar-refractivity contribution in [2.45, 2.75) is 24.3 Å². The van der Waals surface area contributed by atoms with Crippen LogP contribution in [-0.4, -0.2) is 38.3 Å². The first-order valence-electron chi connectivity index (χ1n) is 10.2. The van der Waals surface area contributed by atoms with Gasteiger partial charge in [0.15, 0.2) is 0 Å². The highest BCUT2D eigenvalue weighted by atomic mass is 32.2. The number of rotatable bonds is 8. The van der Waals surface area contributed by atoms with Crippen molar-refractivity contribution in [1.29, 1.82) is 0 Å². The van der Waals surface area contributed by atoms with E-state index in [1.54, 1.807) is 29.5 Å². The molecule has 3 aromatic rings. The summed E-state index contributed by atoms with van der Waals surface area (Å²) in [6, 6.07) is 18.3. The second kappa shape index (κ2) is 9.64. The maximum atomic E-state index is 12.8. The fraction of sp³-hybridized carbons (Fsp3) is 0.261. The van der Waals surface area contributed by atoms with E-state index in [-0.39, 0.29) is 17.3 Å². The van der Waals surface area contributed by atoms with Crippen molar-refractivity contribution >= 4 is 38.6 Å². The quantitative estimate of drug-likeness (QED) is 0.553. The normalized spacial score (nSPS) is 14.5. The Balaban J connectivity index is 1.48. The molecule has 162 valence electrons. The highest BCUT2D eigenvalue weighted by Crippen LogP contribution is 2.23. The number of thiophene rings is 1. The minimum atomic E-state index is -3.52. The lowest BCUT2D eigenvalue weighted by atomic mass is 10.2. The zero-order valence-electron chi connectivity index (χ0n) is 17.1. The Kier molecular flexibility index (Phi) is 6.70. The van der Waals surface area contributed by atoms with E-state index >= 15 is 0 Å². The van der Waals surface area contributed by atoms with Crippen LogP contribution in [0.4, 0.5) is 11.4 Å². The van der Waals surface area contributed by atoms with E-state index in [0.29, 0.717) is 25.3 Å². The number of nitrogens with one attached hydrogen (secondary N) is 1. The van der Waals surface area contributed by atoms with E-state index in [0.717, 1.165) is 24.1 Å². The Hall–Kier alpha value is -2.68. The van der Waals surface area contributed by atoms with Crippen LogP contribution in [0, 0.1) is 0 Å². The summed E-state index contributed by atoms with van der Waals surface area (Å²) >= 11 is 1.62. The molecule has 1 aromatic heterocycles. The number of hydrogen-bond acceptors (Lipinski definition) is 5. The number of anilines is 2. The number of carbonyl (C=O) groups excluding carboxylic acids is 1. The predicted molar refractivity (Wildman–Crippen MR) is 125 cm³/mol. The molecule has 0 unspecified atom stereocenters. The van der Waals surface area contributed by atoms with Crippen LogP contribution in [-0.2, 0) is 21.4 Å². The molecule has 0 atom stereocenters. The molecule has 0 spiro atoms. The fourth-order valence-electron chi connectivity index (χ4n) is 3.67. The maximum Gasteiger partial charge on any atom is 0.243 e. The summed E-state index contributed by atoms with van der Waals surface area (Å²) in [4.78, 5) is 15.0. The lowest BCUT2D eigenvalue weighted by molar-refractivity contribution is -0.115. The molecule has 0 saturated carbocycles. The molecule has 0 aliphatic carbocycles. The van der Waals surface area contributed by atoms with Crippen LogP contribution in [0.15, 0.2) is 76.3 Å². The molecule has 8 heteroatoms. The first-order chi connectivity index (χ1) is 15.0. The van der Waals surface area contributed by atoms with Gasteiger partial charge in [0, 0.05) is 31.0 Å².